The highest BCUT2D eigenvalue weighted by Crippen LogP contribution is 2.21. The van der Waals surface area contributed by atoms with Crippen LogP contribution in [0.15, 0.2) is 42.2 Å². The molecule has 0 bridgehead atoms. The number of hydrogen-bond donors (Lipinski definition) is 2. The van der Waals surface area contributed by atoms with E-state index in [1.54, 1.807) is 6.08 Å². The third-order valence-electron chi connectivity index (χ3n) is 4.76. The number of benzene rings is 1. The number of allylic oxidation sites excluding steroid dienone is 1. The Morgan fingerprint density at radius 2 is 1.36 bits per heavy atom. The van der Waals surface area contributed by atoms with E-state index in [0.29, 0.717) is 12.1 Å². The van der Waals surface area contributed by atoms with Crippen molar-refractivity contribution in [3.8, 4) is 0 Å². The third-order valence-corrected chi connectivity index (χ3v) is 4.76. The average Bonchev–Trinajstić information content (AvgIpc) is 3.22. The fraction of sp³-hybridized carbons (Fsp3) is 0.526. The van der Waals surface area contributed by atoms with Gasteiger partial charge in [0.2, 0.25) is 0 Å². The van der Waals surface area contributed by atoms with Gasteiger partial charge in [-0.2, -0.15) is 0 Å². The van der Waals surface area contributed by atoms with Crippen molar-refractivity contribution in [1.82, 2.24) is 10.6 Å². The van der Waals surface area contributed by atoms with Gasteiger partial charge in [0.05, 0.1) is 0 Å². The Bertz CT molecular complexity index is 491. The van der Waals surface area contributed by atoms with Crippen molar-refractivity contribution in [2.24, 2.45) is 0 Å². The topological polar surface area (TPSA) is 41.1 Å². The van der Waals surface area contributed by atoms with Gasteiger partial charge in [0.25, 0.3) is 0 Å². The van der Waals surface area contributed by atoms with Gasteiger partial charge in [-0.1, -0.05) is 56.0 Å². The molecule has 0 saturated heterocycles. The van der Waals surface area contributed by atoms with E-state index < -0.39 is 0 Å². The van der Waals surface area contributed by atoms with Crippen molar-refractivity contribution in [3.05, 3.63) is 47.8 Å². The zero-order valence-corrected chi connectivity index (χ0v) is 13.2. The van der Waals surface area contributed by atoms with E-state index in [4.69, 9.17) is 0 Å². The molecule has 1 aromatic rings. The second kappa shape index (κ2) is 7.48. The van der Waals surface area contributed by atoms with Gasteiger partial charge in [0.15, 0.2) is 5.78 Å². The smallest absolute Gasteiger partial charge is 0.189 e. The molecule has 2 fully saturated rings. The van der Waals surface area contributed by atoms with Crippen molar-refractivity contribution in [3.63, 3.8) is 0 Å². The molecule has 3 nitrogen and oxygen atoms in total. The lowest BCUT2D eigenvalue weighted by atomic mass is 10.1. The Balaban J connectivity index is 1.70. The van der Waals surface area contributed by atoms with E-state index in [1.807, 2.05) is 30.3 Å². The molecule has 0 spiro atoms. The number of carbonyl (C=O) groups excluding carboxylic acids is 1. The molecule has 0 heterocycles. The zero-order chi connectivity index (χ0) is 15.2. The third kappa shape index (κ3) is 4.12. The first-order chi connectivity index (χ1) is 10.8. The summed E-state index contributed by atoms with van der Waals surface area (Å²) in [7, 11) is 0. The molecule has 118 valence electrons. The first-order valence-corrected chi connectivity index (χ1v) is 8.65. The Labute approximate surface area is 133 Å². The fourth-order valence-corrected chi connectivity index (χ4v) is 3.52. The van der Waals surface area contributed by atoms with Crippen LogP contribution in [0.3, 0.4) is 0 Å². The molecule has 2 N–H and O–H groups in total. The summed E-state index contributed by atoms with van der Waals surface area (Å²) in [4.78, 5) is 12.4. The average molecular weight is 298 g/mol. The summed E-state index contributed by atoms with van der Waals surface area (Å²) < 4.78 is 0. The van der Waals surface area contributed by atoms with Crippen LogP contribution in [0.2, 0.25) is 0 Å². The SMILES string of the molecule is O=C(C=C(NC1CCCC1)NC1CCCC1)c1ccccc1. The molecule has 2 aliphatic rings. The number of carbonyl (C=O) groups is 1. The highest BCUT2D eigenvalue weighted by molar-refractivity contribution is 6.04. The standard InChI is InChI=1S/C19H26N2O/c22-18(15-8-2-1-3-9-15)14-19(20-16-10-4-5-11-16)21-17-12-6-7-13-17/h1-3,8-9,14,16-17,20-21H,4-7,10-13H2. The van der Waals surface area contributed by atoms with Crippen LogP contribution in [-0.4, -0.2) is 17.9 Å². The van der Waals surface area contributed by atoms with Gasteiger partial charge in [0, 0.05) is 23.7 Å². The van der Waals surface area contributed by atoms with Gasteiger partial charge in [0.1, 0.15) is 5.82 Å². The van der Waals surface area contributed by atoms with E-state index >= 15 is 0 Å². The molecule has 0 amide bonds. The molecule has 1 aromatic carbocycles. The predicted octanol–water partition coefficient (Wildman–Crippen LogP) is 3.78. The van der Waals surface area contributed by atoms with Crippen LogP contribution >= 0.6 is 0 Å². The lowest BCUT2D eigenvalue weighted by Gasteiger charge is -2.22. The molecular formula is C19H26N2O. The number of hydrogen-bond acceptors (Lipinski definition) is 3. The fourth-order valence-electron chi connectivity index (χ4n) is 3.52. The quantitative estimate of drug-likeness (QED) is 0.620. The largest absolute Gasteiger partial charge is 0.369 e. The Kier molecular flexibility index (Phi) is 5.15. The Hall–Kier alpha value is -1.77. The van der Waals surface area contributed by atoms with E-state index in [0.717, 1.165) is 11.4 Å². The zero-order valence-electron chi connectivity index (χ0n) is 13.2. The molecule has 2 aliphatic carbocycles. The van der Waals surface area contributed by atoms with Crippen molar-refractivity contribution in [2.45, 2.75) is 63.5 Å². The second-order valence-electron chi connectivity index (χ2n) is 6.54. The maximum absolute atomic E-state index is 12.4. The lowest BCUT2D eigenvalue weighted by Crippen LogP contribution is -2.38. The van der Waals surface area contributed by atoms with Crippen molar-refractivity contribution in [1.29, 1.82) is 0 Å². The van der Waals surface area contributed by atoms with Crippen molar-refractivity contribution >= 4 is 5.78 Å². The minimum Gasteiger partial charge on any atom is -0.369 e. The van der Waals surface area contributed by atoms with Gasteiger partial charge in [-0.15, -0.1) is 0 Å². The minimum absolute atomic E-state index is 0.0755. The molecule has 0 unspecified atom stereocenters. The van der Waals surface area contributed by atoms with Gasteiger partial charge in [-0.25, -0.2) is 0 Å². The molecule has 3 rings (SSSR count). The molecule has 0 radical (unpaired) electrons. The van der Waals surface area contributed by atoms with Crippen LogP contribution in [0.25, 0.3) is 0 Å². The summed E-state index contributed by atoms with van der Waals surface area (Å²) >= 11 is 0. The Morgan fingerprint density at radius 1 is 0.864 bits per heavy atom. The molecule has 0 atom stereocenters. The van der Waals surface area contributed by atoms with Crippen LogP contribution < -0.4 is 10.6 Å². The maximum atomic E-state index is 12.4. The molecule has 0 aromatic heterocycles. The molecule has 3 heteroatoms. The number of ketones is 1. The van der Waals surface area contributed by atoms with E-state index in [2.05, 4.69) is 10.6 Å². The summed E-state index contributed by atoms with van der Waals surface area (Å²) in [5.41, 5.74) is 0.751. The normalized spacial score (nSPS) is 19.1. The van der Waals surface area contributed by atoms with Crippen LogP contribution in [-0.2, 0) is 0 Å². The van der Waals surface area contributed by atoms with Crippen LogP contribution in [0, 0.1) is 0 Å². The molecule has 2 saturated carbocycles. The maximum Gasteiger partial charge on any atom is 0.189 e. The Morgan fingerprint density at radius 3 is 1.86 bits per heavy atom. The first kappa shape index (κ1) is 15.1. The molecule has 0 aliphatic heterocycles. The highest BCUT2D eigenvalue weighted by atomic mass is 16.1. The van der Waals surface area contributed by atoms with Gasteiger partial charge >= 0.3 is 0 Å². The highest BCUT2D eigenvalue weighted by Gasteiger charge is 2.20. The molecule has 22 heavy (non-hydrogen) atoms. The summed E-state index contributed by atoms with van der Waals surface area (Å²) in [6.45, 7) is 0. The summed E-state index contributed by atoms with van der Waals surface area (Å²) in [5, 5.41) is 7.15. The summed E-state index contributed by atoms with van der Waals surface area (Å²) in [5.74, 6) is 0.999. The number of rotatable bonds is 6. The van der Waals surface area contributed by atoms with E-state index in [-0.39, 0.29) is 5.78 Å². The lowest BCUT2D eigenvalue weighted by molar-refractivity contribution is 0.104. The second-order valence-corrected chi connectivity index (χ2v) is 6.54. The van der Waals surface area contributed by atoms with Gasteiger partial charge in [-0.3, -0.25) is 4.79 Å². The minimum atomic E-state index is 0.0755. The van der Waals surface area contributed by atoms with E-state index in [1.165, 1.54) is 51.4 Å². The van der Waals surface area contributed by atoms with Gasteiger partial charge in [-0.05, 0) is 25.7 Å². The van der Waals surface area contributed by atoms with Crippen LogP contribution in [0.4, 0.5) is 0 Å². The predicted molar refractivity (Wildman–Crippen MR) is 89.6 cm³/mol. The van der Waals surface area contributed by atoms with Crippen molar-refractivity contribution in [2.75, 3.05) is 0 Å². The monoisotopic (exact) mass is 298 g/mol. The first-order valence-electron chi connectivity index (χ1n) is 8.65. The summed E-state index contributed by atoms with van der Waals surface area (Å²) in [6, 6.07) is 10.6. The molecular weight excluding hydrogens is 272 g/mol. The van der Waals surface area contributed by atoms with Crippen LogP contribution in [0.5, 0.6) is 0 Å². The van der Waals surface area contributed by atoms with Gasteiger partial charge < -0.3 is 10.6 Å². The van der Waals surface area contributed by atoms with E-state index in [9.17, 15) is 4.79 Å². The van der Waals surface area contributed by atoms with Crippen LogP contribution in [0.1, 0.15) is 61.7 Å². The summed E-state index contributed by atoms with van der Waals surface area (Å²) in [6.07, 6.45) is 11.8. The van der Waals surface area contributed by atoms with Crippen molar-refractivity contribution < 1.29 is 4.79 Å². The number of nitrogens with one attached hydrogen (secondary N) is 2.